The predicted molar refractivity (Wildman–Crippen MR) is 56.9 cm³/mol. The van der Waals surface area contributed by atoms with Crippen molar-refractivity contribution in [3.8, 4) is 0 Å². The highest BCUT2D eigenvalue weighted by Crippen LogP contribution is 2.27. The number of nitrogens with two attached hydrogens (primary N) is 1. The van der Waals surface area contributed by atoms with Gasteiger partial charge in [0.25, 0.3) is 0 Å². The van der Waals surface area contributed by atoms with Crippen LogP contribution in [0, 0.1) is 0 Å². The summed E-state index contributed by atoms with van der Waals surface area (Å²) in [6, 6.07) is -0.373. The summed E-state index contributed by atoms with van der Waals surface area (Å²) in [4.78, 5) is 4.45. The van der Waals surface area contributed by atoms with Gasteiger partial charge in [-0.3, -0.25) is 0 Å². The SMILES string of the molecule is NC(CO)c1nc2n(c1Br)CCCC2. The Labute approximate surface area is 91.3 Å². The van der Waals surface area contributed by atoms with Gasteiger partial charge in [-0.25, -0.2) is 4.98 Å². The molecule has 5 heteroatoms. The summed E-state index contributed by atoms with van der Waals surface area (Å²) in [6.07, 6.45) is 3.39. The molecule has 0 radical (unpaired) electrons. The molecule has 0 saturated heterocycles. The quantitative estimate of drug-likeness (QED) is 0.832. The first kappa shape index (κ1) is 10.1. The molecular weight excluding hydrogens is 246 g/mol. The van der Waals surface area contributed by atoms with Crippen LogP contribution in [0.25, 0.3) is 0 Å². The van der Waals surface area contributed by atoms with Gasteiger partial charge < -0.3 is 15.4 Å². The second-order valence-corrected chi connectivity index (χ2v) is 4.35. The first-order valence-electron chi connectivity index (χ1n) is 4.85. The van der Waals surface area contributed by atoms with Gasteiger partial charge in [0, 0.05) is 13.0 Å². The zero-order valence-electron chi connectivity index (χ0n) is 7.91. The molecule has 0 spiro atoms. The third kappa shape index (κ3) is 1.60. The maximum atomic E-state index is 8.98. The fourth-order valence-electron chi connectivity index (χ4n) is 1.79. The van der Waals surface area contributed by atoms with Crippen LogP contribution in [0.5, 0.6) is 0 Å². The molecule has 0 amide bonds. The maximum absolute atomic E-state index is 8.98. The van der Waals surface area contributed by atoms with Crippen molar-refractivity contribution in [3.05, 3.63) is 16.1 Å². The molecule has 2 rings (SSSR count). The van der Waals surface area contributed by atoms with Crippen LogP contribution in [0.1, 0.15) is 30.4 Å². The Morgan fingerprint density at radius 1 is 1.57 bits per heavy atom. The summed E-state index contributed by atoms with van der Waals surface area (Å²) < 4.78 is 3.09. The average Bonchev–Trinajstić information content (AvgIpc) is 2.56. The minimum Gasteiger partial charge on any atom is -0.394 e. The molecule has 1 unspecified atom stereocenters. The van der Waals surface area contributed by atoms with Crippen LogP contribution in [-0.2, 0) is 13.0 Å². The van der Waals surface area contributed by atoms with E-state index >= 15 is 0 Å². The van der Waals surface area contributed by atoms with E-state index in [9.17, 15) is 0 Å². The number of imidazole rings is 1. The summed E-state index contributed by atoms with van der Waals surface area (Å²) in [7, 11) is 0. The zero-order chi connectivity index (χ0) is 10.1. The van der Waals surface area contributed by atoms with Crippen LogP contribution in [0.4, 0.5) is 0 Å². The number of hydrogen-bond acceptors (Lipinski definition) is 3. The minimum absolute atomic E-state index is 0.0605. The molecule has 78 valence electrons. The fraction of sp³-hybridized carbons (Fsp3) is 0.667. The maximum Gasteiger partial charge on any atom is 0.110 e. The Kier molecular flexibility index (Phi) is 2.90. The minimum atomic E-state index is -0.373. The van der Waals surface area contributed by atoms with Gasteiger partial charge in [0.1, 0.15) is 10.4 Å². The number of aliphatic hydroxyl groups is 1. The van der Waals surface area contributed by atoms with Crippen LogP contribution in [-0.4, -0.2) is 21.3 Å². The van der Waals surface area contributed by atoms with Crippen molar-refractivity contribution in [1.82, 2.24) is 9.55 Å². The van der Waals surface area contributed by atoms with Crippen molar-refractivity contribution in [1.29, 1.82) is 0 Å². The lowest BCUT2D eigenvalue weighted by Crippen LogP contribution is -2.15. The molecule has 0 aliphatic carbocycles. The number of fused-ring (bicyclic) bond motifs is 1. The van der Waals surface area contributed by atoms with Gasteiger partial charge >= 0.3 is 0 Å². The van der Waals surface area contributed by atoms with E-state index in [0.29, 0.717) is 0 Å². The Hall–Kier alpha value is -0.390. The third-order valence-corrected chi connectivity index (χ3v) is 3.42. The normalized spacial score (nSPS) is 17.9. The number of aryl methyl sites for hydroxylation is 1. The van der Waals surface area contributed by atoms with Crippen LogP contribution in [0.15, 0.2) is 4.60 Å². The molecule has 1 atom stereocenters. The van der Waals surface area contributed by atoms with Gasteiger partial charge in [0.2, 0.25) is 0 Å². The van der Waals surface area contributed by atoms with Crippen LogP contribution < -0.4 is 5.73 Å². The molecule has 1 aromatic heterocycles. The molecule has 1 aliphatic rings. The van der Waals surface area contributed by atoms with E-state index in [1.807, 2.05) is 0 Å². The summed E-state index contributed by atoms with van der Waals surface area (Å²) in [6.45, 7) is 0.941. The van der Waals surface area contributed by atoms with Gasteiger partial charge in [-0.05, 0) is 28.8 Å². The molecule has 14 heavy (non-hydrogen) atoms. The van der Waals surface area contributed by atoms with E-state index in [2.05, 4.69) is 25.5 Å². The highest BCUT2D eigenvalue weighted by Gasteiger charge is 2.21. The second kappa shape index (κ2) is 4.00. The molecule has 4 nitrogen and oxygen atoms in total. The van der Waals surface area contributed by atoms with E-state index in [1.165, 1.54) is 12.8 Å². The summed E-state index contributed by atoms with van der Waals surface area (Å²) in [5.74, 6) is 1.09. The Bertz CT molecular complexity index is 337. The number of aromatic nitrogens is 2. The van der Waals surface area contributed by atoms with Crippen molar-refractivity contribution in [3.63, 3.8) is 0 Å². The summed E-state index contributed by atoms with van der Waals surface area (Å²) >= 11 is 3.49. The molecular formula is C9H14BrN3O. The predicted octanol–water partition coefficient (Wildman–Crippen LogP) is 0.974. The van der Waals surface area contributed by atoms with Crippen molar-refractivity contribution < 1.29 is 5.11 Å². The van der Waals surface area contributed by atoms with Gasteiger partial charge in [-0.1, -0.05) is 0 Å². The Morgan fingerprint density at radius 2 is 2.36 bits per heavy atom. The molecule has 0 bridgehead atoms. The van der Waals surface area contributed by atoms with Gasteiger partial charge in [-0.15, -0.1) is 0 Å². The molecule has 1 aliphatic heterocycles. The number of aliphatic hydroxyl groups excluding tert-OH is 1. The Balaban J connectivity index is 2.38. The van der Waals surface area contributed by atoms with Gasteiger partial charge in [0.05, 0.1) is 18.3 Å². The second-order valence-electron chi connectivity index (χ2n) is 3.60. The third-order valence-electron chi connectivity index (χ3n) is 2.59. The van der Waals surface area contributed by atoms with E-state index < -0.39 is 0 Å². The topological polar surface area (TPSA) is 64.1 Å². The van der Waals surface area contributed by atoms with Crippen LogP contribution >= 0.6 is 15.9 Å². The average molecular weight is 260 g/mol. The van der Waals surface area contributed by atoms with Crippen molar-refractivity contribution in [2.24, 2.45) is 5.73 Å². The first-order valence-corrected chi connectivity index (χ1v) is 5.64. The van der Waals surface area contributed by atoms with Gasteiger partial charge in [-0.2, -0.15) is 0 Å². The highest BCUT2D eigenvalue weighted by atomic mass is 79.9. The van der Waals surface area contributed by atoms with Gasteiger partial charge in [0.15, 0.2) is 0 Å². The smallest absolute Gasteiger partial charge is 0.110 e. The van der Waals surface area contributed by atoms with E-state index in [0.717, 1.165) is 29.1 Å². The standard InChI is InChI=1S/C9H14BrN3O/c10-9-8(6(11)5-14)12-7-3-1-2-4-13(7)9/h6,14H,1-5,11H2. The molecule has 0 aromatic carbocycles. The molecule has 0 fully saturated rings. The molecule has 3 N–H and O–H groups in total. The lowest BCUT2D eigenvalue weighted by molar-refractivity contribution is 0.265. The van der Waals surface area contributed by atoms with Crippen molar-refractivity contribution in [2.75, 3.05) is 6.61 Å². The van der Waals surface area contributed by atoms with Crippen molar-refractivity contribution in [2.45, 2.75) is 31.8 Å². The first-order chi connectivity index (χ1) is 6.74. The monoisotopic (exact) mass is 259 g/mol. The van der Waals surface area contributed by atoms with E-state index in [1.54, 1.807) is 0 Å². The lowest BCUT2D eigenvalue weighted by Gasteiger charge is -2.13. The largest absolute Gasteiger partial charge is 0.394 e. The number of hydrogen-bond donors (Lipinski definition) is 2. The molecule has 2 heterocycles. The fourth-order valence-corrected chi connectivity index (χ4v) is 2.56. The van der Waals surface area contributed by atoms with E-state index in [-0.39, 0.29) is 12.6 Å². The summed E-state index contributed by atoms with van der Waals surface area (Å²) in [5.41, 5.74) is 6.53. The van der Waals surface area contributed by atoms with Crippen LogP contribution in [0.3, 0.4) is 0 Å². The molecule has 1 aromatic rings. The summed E-state index contributed by atoms with van der Waals surface area (Å²) in [5, 5.41) is 8.98. The zero-order valence-corrected chi connectivity index (χ0v) is 9.50. The number of rotatable bonds is 2. The Morgan fingerprint density at radius 3 is 3.00 bits per heavy atom. The number of nitrogens with zero attached hydrogens (tertiary/aromatic N) is 2. The van der Waals surface area contributed by atoms with Crippen molar-refractivity contribution >= 4 is 15.9 Å². The van der Waals surface area contributed by atoms with E-state index in [4.69, 9.17) is 10.8 Å². The number of halogens is 1. The highest BCUT2D eigenvalue weighted by molar-refractivity contribution is 9.10. The molecule has 0 saturated carbocycles. The van der Waals surface area contributed by atoms with Crippen LogP contribution in [0.2, 0.25) is 0 Å². The lowest BCUT2D eigenvalue weighted by atomic mass is 10.2.